The molecule has 162 valence electrons. The van der Waals surface area contributed by atoms with Crippen LogP contribution in [0, 0.1) is 17.2 Å². The van der Waals surface area contributed by atoms with Gasteiger partial charge in [-0.3, -0.25) is 0 Å². The van der Waals surface area contributed by atoms with Crippen LogP contribution >= 0.6 is 0 Å². The molecule has 1 unspecified atom stereocenters. The molecule has 2 aromatic carbocycles. The van der Waals surface area contributed by atoms with E-state index in [1.165, 1.54) is 0 Å². The lowest BCUT2D eigenvalue weighted by Gasteiger charge is -2.32. The number of benzene rings is 2. The van der Waals surface area contributed by atoms with E-state index in [0.29, 0.717) is 42.5 Å². The van der Waals surface area contributed by atoms with Gasteiger partial charge in [-0.1, -0.05) is 26.0 Å². The Morgan fingerprint density at radius 2 is 1.43 bits per heavy atom. The Bertz CT molecular complexity index is 876. The van der Waals surface area contributed by atoms with E-state index in [9.17, 15) is 5.26 Å². The molecule has 6 nitrogen and oxygen atoms in total. The van der Waals surface area contributed by atoms with Gasteiger partial charge in [0.05, 0.1) is 39.9 Å². The van der Waals surface area contributed by atoms with Crippen molar-refractivity contribution in [3.05, 3.63) is 47.5 Å². The van der Waals surface area contributed by atoms with Crippen molar-refractivity contribution in [1.82, 2.24) is 5.32 Å². The molecular formula is C24H32N2O4. The minimum Gasteiger partial charge on any atom is -0.493 e. The van der Waals surface area contributed by atoms with Gasteiger partial charge in [-0.2, -0.15) is 5.26 Å². The third-order valence-corrected chi connectivity index (χ3v) is 5.56. The fraction of sp³-hybridized carbons (Fsp3) is 0.458. The molecule has 2 rings (SSSR count). The lowest BCUT2D eigenvalue weighted by atomic mass is 9.70. The van der Waals surface area contributed by atoms with Gasteiger partial charge in [-0.05, 0) is 54.3 Å². The summed E-state index contributed by atoms with van der Waals surface area (Å²) in [5.41, 5.74) is 1.39. The van der Waals surface area contributed by atoms with E-state index >= 15 is 0 Å². The SMILES string of the molecule is COc1ccc(CNCCC(C#N)(c2ccc(OC)c(OC)c2)C(C)C)cc1OC. The lowest BCUT2D eigenvalue weighted by Crippen LogP contribution is -2.34. The number of methoxy groups -OCH3 is 4. The second kappa shape index (κ2) is 10.7. The summed E-state index contributed by atoms with van der Waals surface area (Å²) in [5, 5.41) is 13.6. The Labute approximate surface area is 179 Å². The monoisotopic (exact) mass is 412 g/mol. The number of nitriles is 1. The summed E-state index contributed by atoms with van der Waals surface area (Å²) in [6.45, 7) is 5.52. The van der Waals surface area contributed by atoms with E-state index in [1.54, 1.807) is 28.4 Å². The van der Waals surface area contributed by atoms with Gasteiger partial charge in [-0.25, -0.2) is 0 Å². The van der Waals surface area contributed by atoms with Gasteiger partial charge in [0, 0.05) is 6.54 Å². The summed E-state index contributed by atoms with van der Waals surface area (Å²) in [6.07, 6.45) is 0.671. The molecule has 0 heterocycles. The average Bonchev–Trinajstić information content (AvgIpc) is 2.78. The van der Waals surface area contributed by atoms with Crippen molar-refractivity contribution in [3.8, 4) is 29.1 Å². The molecule has 0 amide bonds. The van der Waals surface area contributed by atoms with Crippen molar-refractivity contribution < 1.29 is 18.9 Å². The highest BCUT2D eigenvalue weighted by Gasteiger charge is 2.36. The van der Waals surface area contributed by atoms with E-state index < -0.39 is 5.41 Å². The molecule has 0 aliphatic rings. The zero-order valence-electron chi connectivity index (χ0n) is 18.7. The van der Waals surface area contributed by atoms with Gasteiger partial charge in [0.15, 0.2) is 23.0 Å². The van der Waals surface area contributed by atoms with Crippen molar-refractivity contribution in [3.63, 3.8) is 0 Å². The van der Waals surface area contributed by atoms with Gasteiger partial charge in [-0.15, -0.1) is 0 Å². The van der Waals surface area contributed by atoms with Crippen LogP contribution in [0.3, 0.4) is 0 Å². The fourth-order valence-electron chi connectivity index (χ4n) is 3.64. The van der Waals surface area contributed by atoms with Crippen molar-refractivity contribution >= 4 is 0 Å². The first kappa shape index (κ1) is 23.4. The van der Waals surface area contributed by atoms with Crippen LogP contribution in [-0.4, -0.2) is 35.0 Å². The Morgan fingerprint density at radius 3 is 1.97 bits per heavy atom. The van der Waals surface area contributed by atoms with Crippen LogP contribution in [0.5, 0.6) is 23.0 Å². The average molecular weight is 413 g/mol. The van der Waals surface area contributed by atoms with E-state index in [1.807, 2.05) is 36.4 Å². The predicted octanol–water partition coefficient (Wildman–Crippen LogP) is 4.32. The molecule has 0 bridgehead atoms. The minimum atomic E-state index is -0.635. The Morgan fingerprint density at radius 1 is 0.867 bits per heavy atom. The van der Waals surface area contributed by atoms with Gasteiger partial charge in [0.1, 0.15) is 0 Å². The number of ether oxygens (including phenoxy) is 4. The Kier molecular flexibility index (Phi) is 8.37. The van der Waals surface area contributed by atoms with E-state index in [4.69, 9.17) is 18.9 Å². The van der Waals surface area contributed by atoms with Crippen LogP contribution in [0.4, 0.5) is 0 Å². The largest absolute Gasteiger partial charge is 0.493 e. The first-order valence-electron chi connectivity index (χ1n) is 10.0. The molecule has 0 radical (unpaired) electrons. The summed E-state index contributed by atoms with van der Waals surface area (Å²) in [5.74, 6) is 2.83. The van der Waals surface area contributed by atoms with Crippen molar-refractivity contribution in [2.75, 3.05) is 35.0 Å². The van der Waals surface area contributed by atoms with Crippen molar-refractivity contribution in [1.29, 1.82) is 5.26 Å². The molecular weight excluding hydrogens is 380 g/mol. The Balaban J connectivity index is 2.14. The summed E-state index contributed by atoms with van der Waals surface area (Å²) < 4.78 is 21.4. The third-order valence-electron chi connectivity index (χ3n) is 5.56. The highest BCUT2D eigenvalue weighted by molar-refractivity contribution is 5.47. The minimum absolute atomic E-state index is 0.128. The van der Waals surface area contributed by atoms with E-state index in [-0.39, 0.29) is 5.92 Å². The van der Waals surface area contributed by atoms with Crippen LogP contribution in [-0.2, 0) is 12.0 Å². The van der Waals surface area contributed by atoms with E-state index in [2.05, 4.69) is 25.2 Å². The lowest BCUT2D eigenvalue weighted by molar-refractivity contribution is 0.342. The number of hydrogen-bond donors (Lipinski definition) is 1. The highest BCUT2D eigenvalue weighted by atomic mass is 16.5. The molecule has 0 saturated heterocycles. The first-order valence-corrected chi connectivity index (χ1v) is 10.0. The van der Waals surface area contributed by atoms with Crippen LogP contribution < -0.4 is 24.3 Å². The van der Waals surface area contributed by atoms with Crippen LogP contribution in [0.25, 0.3) is 0 Å². The van der Waals surface area contributed by atoms with Crippen LogP contribution in [0.1, 0.15) is 31.4 Å². The molecule has 1 N–H and O–H groups in total. The molecule has 0 aliphatic carbocycles. The van der Waals surface area contributed by atoms with Crippen molar-refractivity contribution in [2.24, 2.45) is 5.92 Å². The van der Waals surface area contributed by atoms with Crippen LogP contribution in [0.2, 0.25) is 0 Å². The van der Waals surface area contributed by atoms with Gasteiger partial charge in [0.2, 0.25) is 0 Å². The van der Waals surface area contributed by atoms with E-state index in [0.717, 1.165) is 11.1 Å². The highest BCUT2D eigenvalue weighted by Crippen LogP contribution is 2.39. The number of hydrogen-bond acceptors (Lipinski definition) is 6. The van der Waals surface area contributed by atoms with Gasteiger partial charge < -0.3 is 24.3 Å². The summed E-state index contributed by atoms with van der Waals surface area (Å²) in [4.78, 5) is 0. The molecule has 0 saturated carbocycles. The number of rotatable bonds is 11. The van der Waals surface area contributed by atoms with Crippen LogP contribution in [0.15, 0.2) is 36.4 Å². The molecule has 0 aliphatic heterocycles. The maximum absolute atomic E-state index is 10.2. The second-order valence-electron chi connectivity index (χ2n) is 7.42. The second-order valence-corrected chi connectivity index (χ2v) is 7.42. The zero-order valence-corrected chi connectivity index (χ0v) is 18.7. The maximum atomic E-state index is 10.2. The molecule has 0 fully saturated rings. The summed E-state index contributed by atoms with van der Waals surface area (Å²) in [7, 11) is 6.46. The molecule has 2 aromatic rings. The van der Waals surface area contributed by atoms with Crippen molar-refractivity contribution in [2.45, 2.75) is 32.2 Å². The summed E-state index contributed by atoms with van der Waals surface area (Å²) in [6, 6.07) is 14.2. The fourth-order valence-corrected chi connectivity index (χ4v) is 3.64. The topological polar surface area (TPSA) is 72.7 Å². The van der Waals surface area contributed by atoms with Gasteiger partial charge >= 0.3 is 0 Å². The first-order chi connectivity index (χ1) is 14.4. The van der Waals surface area contributed by atoms with Gasteiger partial charge in [0.25, 0.3) is 0 Å². The molecule has 0 spiro atoms. The smallest absolute Gasteiger partial charge is 0.161 e. The third kappa shape index (κ3) is 4.98. The zero-order chi connectivity index (χ0) is 22.1. The normalized spacial score (nSPS) is 12.7. The summed E-state index contributed by atoms with van der Waals surface area (Å²) >= 11 is 0. The quantitative estimate of drug-likeness (QED) is 0.554. The Hall–Kier alpha value is -2.91. The molecule has 0 aromatic heterocycles. The molecule has 30 heavy (non-hydrogen) atoms. The standard InChI is InChI=1S/C24H32N2O4/c1-17(2)24(16-25,19-8-10-21(28-4)23(14-19)30-6)11-12-26-15-18-7-9-20(27-3)22(13-18)29-5/h7-10,13-14,17,26H,11-12,15H2,1-6H3. The number of nitrogens with zero attached hydrogens (tertiary/aromatic N) is 1. The maximum Gasteiger partial charge on any atom is 0.161 e. The predicted molar refractivity (Wildman–Crippen MR) is 118 cm³/mol. The molecule has 1 atom stereocenters. The number of nitrogens with one attached hydrogen (secondary N) is 1. The molecule has 6 heteroatoms.